The van der Waals surface area contributed by atoms with Gasteiger partial charge in [0.1, 0.15) is 17.6 Å². The lowest BCUT2D eigenvalue weighted by atomic mass is 10.1. The Kier molecular flexibility index (Phi) is 2.72. The number of carboxylic acid groups (broad SMARTS) is 1. The largest absolute Gasteiger partial charge is 0.480 e. The van der Waals surface area contributed by atoms with Crippen molar-refractivity contribution in [2.24, 2.45) is 5.73 Å². The number of rotatable bonds is 3. The van der Waals surface area contributed by atoms with Crippen molar-refractivity contribution in [2.45, 2.75) is 26.3 Å². The quantitative estimate of drug-likeness (QED) is 0.728. The van der Waals surface area contributed by atoms with Crippen molar-refractivity contribution in [1.29, 1.82) is 0 Å². The number of carbonyl (C=O) groups is 1. The Balaban J connectivity index is 2.74. The molecule has 0 saturated heterocycles. The van der Waals surface area contributed by atoms with Crippen LogP contribution >= 0.6 is 0 Å². The highest BCUT2D eigenvalue weighted by Crippen LogP contribution is 2.14. The Morgan fingerprint density at radius 2 is 2.31 bits per heavy atom. The van der Waals surface area contributed by atoms with Crippen LogP contribution in [0.3, 0.4) is 0 Å². The minimum absolute atomic E-state index is 0.318. The first-order valence-corrected chi connectivity index (χ1v) is 4.05. The molecule has 0 radical (unpaired) electrons. The highest BCUT2D eigenvalue weighted by molar-refractivity contribution is 5.73. The summed E-state index contributed by atoms with van der Waals surface area (Å²) < 4.78 is 5.25. The molecule has 1 rings (SSSR count). The molecule has 3 N–H and O–H groups in total. The van der Waals surface area contributed by atoms with Crippen LogP contribution in [0.1, 0.15) is 17.1 Å². The Hall–Kier alpha value is -1.29. The van der Waals surface area contributed by atoms with Crippen LogP contribution < -0.4 is 5.73 Å². The number of aliphatic carboxylic acids is 1. The number of aryl methyl sites for hydroxylation is 2. The second-order valence-corrected chi connectivity index (χ2v) is 3.09. The molecule has 72 valence electrons. The summed E-state index contributed by atoms with van der Waals surface area (Å²) in [4.78, 5) is 10.5. The number of nitrogens with two attached hydrogens (primary N) is 1. The van der Waals surface area contributed by atoms with Crippen LogP contribution in [0.15, 0.2) is 10.5 Å². The molecule has 0 bridgehead atoms. The molecule has 0 saturated carbocycles. The normalized spacial score (nSPS) is 12.8. The molecule has 0 unspecified atom stereocenters. The average molecular weight is 183 g/mol. The topological polar surface area (TPSA) is 76.5 Å². The van der Waals surface area contributed by atoms with Gasteiger partial charge in [-0.3, -0.25) is 4.79 Å². The van der Waals surface area contributed by atoms with Gasteiger partial charge in [-0.2, -0.15) is 0 Å². The molecule has 1 heterocycles. The van der Waals surface area contributed by atoms with Gasteiger partial charge in [-0.25, -0.2) is 0 Å². The standard InChI is InChI=1S/C9H13NO3/c1-5-3-7(6(2)13-5)4-8(10)9(11)12/h3,8H,4,10H2,1-2H3,(H,11,12)/t8-/m0/s1. The molecule has 0 spiro atoms. The van der Waals surface area contributed by atoms with E-state index >= 15 is 0 Å². The molecule has 0 aromatic carbocycles. The van der Waals surface area contributed by atoms with E-state index in [1.54, 1.807) is 6.92 Å². The molecule has 1 aromatic rings. The Morgan fingerprint density at radius 3 is 2.69 bits per heavy atom. The maximum absolute atomic E-state index is 10.5. The summed E-state index contributed by atoms with van der Waals surface area (Å²) in [6, 6.07) is 0.966. The van der Waals surface area contributed by atoms with Crippen molar-refractivity contribution >= 4 is 5.97 Å². The molecule has 13 heavy (non-hydrogen) atoms. The molecule has 1 atom stereocenters. The van der Waals surface area contributed by atoms with E-state index in [4.69, 9.17) is 15.3 Å². The Morgan fingerprint density at radius 1 is 1.69 bits per heavy atom. The molecular weight excluding hydrogens is 170 g/mol. The zero-order chi connectivity index (χ0) is 10.0. The van der Waals surface area contributed by atoms with Crippen molar-refractivity contribution < 1.29 is 14.3 Å². The fourth-order valence-electron chi connectivity index (χ4n) is 1.21. The molecule has 4 heteroatoms. The lowest BCUT2D eigenvalue weighted by molar-refractivity contribution is -0.138. The summed E-state index contributed by atoms with van der Waals surface area (Å²) in [5.41, 5.74) is 6.25. The second kappa shape index (κ2) is 3.62. The van der Waals surface area contributed by atoms with Gasteiger partial charge in [-0.05, 0) is 25.5 Å². The van der Waals surface area contributed by atoms with Gasteiger partial charge in [0.05, 0.1) is 0 Å². The van der Waals surface area contributed by atoms with Crippen molar-refractivity contribution in [3.8, 4) is 0 Å². The monoisotopic (exact) mass is 183 g/mol. The maximum atomic E-state index is 10.5. The van der Waals surface area contributed by atoms with Crippen LogP contribution in [0, 0.1) is 13.8 Å². The van der Waals surface area contributed by atoms with Crippen molar-refractivity contribution in [2.75, 3.05) is 0 Å². The molecule has 0 aliphatic heterocycles. The molecule has 0 aliphatic carbocycles. The van der Waals surface area contributed by atoms with E-state index < -0.39 is 12.0 Å². The van der Waals surface area contributed by atoms with Crippen molar-refractivity contribution in [1.82, 2.24) is 0 Å². The number of carboxylic acids is 1. The first kappa shape index (κ1) is 9.80. The molecule has 0 amide bonds. The fourth-order valence-corrected chi connectivity index (χ4v) is 1.21. The second-order valence-electron chi connectivity index (χ2n) is 3.09. The van der Waals surface area contributed by atoms with E-state index in [2.05, 4.69) is 0 Å². The SMILES string of the molecule is Cc1cc(C[C@H](N)C(=O)O)c(C)o1. The zero-order valence-electron chi connectivity index (χ0n) is 7.70. The molecule has 4 nitrogen and oxygen atoms in total. The van der Waals surface area contributed by atoms with E-state index in [0.29, 0.717) is 6.42 Å². The Bertz CT molecular complexity index is 317. The van der Waals surface area contributed by atoms with E-state index in [1.807, 2.05) is 13.0 Å². The van der Waals surface area contributed by atoms with Crippen LogP contribution in [0.4, 0.5) is 0 Å². The van der Waals surface area contributed by atoms with Crippen LogP contribution in [0.25, 0.3) is 0 Å². The third kappa shape index (κ3) is 2.32. The van der Waals surface area contributed by atoms with Crippen molar-refractivity contribution in [3.63, 3.8) is 0 Å². The average Bonchev–Trinajstić information content (AvgIpc) is 2.30. The molecule has 0 fully saturated rings. The predicted octanol–water partition coefficient (Wildman–Crippen LogP) is 0.851. The van der Waals surface area contributed by atoms with E-state index in [0.717, 1.165) is 17.1 Å². The first-order chi connectivity index (χ1) is 6.00. The van der Waals surface area contributed by atoms with Crippen LogP contribution in [0.5, 0.6) is 0 Å². The molecule has 1 aromatic heterocycles. The van der Waals surface area contributed by atoms with Gasteiger partial charge in [0.2, 0.25) is 0 Å². The summed E-state index contributed by atoms with van der Waals surface area (Å²) in [7, 11) is 0. The smallest absolute Gasteiger partial charge is 0.320 e. The lowest BCUT2D eigenvalue weighted by Gasteiger charge is -2.03. The van der Waals surface area contributed by atoms with Gasteiger partial charge in [0, 0.05) is 6.42 Å². The third-order valence-electron chi connectivity index (χ3n) is 1.90. The number of furan rings is 1. The van der Waals surface area contributed by atoms with Gasteiger partial charge < -0.3 is 15.3 Å². The van der Waals surface area contributed by atoms with Gasteiger partial charge >= 0.3 is 5.97 Å². The lowest BCUT2D eigenvalue weighted by Crippen LogP contribution is -2.32. The Labute approximate surface area is 76.3 Å². The van der Waals surface area contributed by atoms with Crippen LogP contribution in [-0.2, 0) is 11.2 Å². The number of hydrogen-bond acceptors (Lipinski definition) is 3. The summed E-state index contributed by atoms with van der Waals surface area (Å²) in [6.45, 7) is 3.62. The number of hydrogen-bond donors (Lipinski definition) is 2. The minimum Gasteiger partial charge on any atom is -0.480 e. The molecular formula is C9H13NO3. The van der Waals surface area contributed by atoms with E-state index in [9.17, 15) is 4.79 Å². The highest BCUT2D eigenvalue weighted by Gasteiger charge is 2.15. The van der Waals surface area contributed by atoms with Crippen LogP contribution in [0.2, 0.25) is 0 Å². The summed E-state index contributed by atoms with van der Waals surface area (Å²) in [5.74, 6) is 0.539. The molecule has 0 aliphatic rings. The fraction of sp³-hybridized carbons (Fsp3) is 0.444. The van der Waals surface area contributed by atoms with Gasteiger partial charge in [-0.15, -0.1) is 0 Å². The van der Waals surface area contributed by atoms with Gasteiger partial charge in [-0.1, -0.05) is 0 Å². The zero-order valence-corrected chi connectivity index (χ0v) is 7.70. The minimum atomic E-state index is -0.988. The predicted molar refractivity (Wildman–Crippen MR) is 47.5 cm³/mol. The van der Waals surface area contributed by atoms with E-state index in [1.165, 1.54) is 0 Å². The third-order valence-corrected chi connectivity index (χ3v) is 1.90. The van der Waals surface area contributed by atoms with Gasteiger partial charge in [0.15, 0.2) is 0 Å². The summed E-state index contributed by atoms with van der Waals surface area (Å²) in [5, 5.41) is 8.59. The first-order valence-electron chi connectivity index (χ1n) is 4.05. The van der Waals surface area contributed by atoms with Gasteiger partial charge in [0.25, 0.3) is 0 Å². The van der Waals surface area contributed by atoms with Crippen molar-refractivity contribution in [3.05, 3.63) is 23.2 Å². The highest BCUT2D eigenvalue weighted by atomic mass is 16.4. The maximum Gasteiger partial charge on any atom is 0.320 e. The van der Waals surface area contributed by atoms with E-state index in [-0.39, 0.29) is 0 Å². The van der Waals surface area contributed by atoms with Crippen LogP contribution in [-0.4, -0.2) is 17.1 Å². The summed E-state index contributed by atoms with van der Waals surface area (Å²) in [6.07, 6.45) is 0.318. The summed E-state index contributed by atoms with van der Waals surface area (Å²) >= 11 is 0.